The second-order valence-corrected chi connectivity index (χ2v) is 6.15. The molecule has 7 nitrogen and oxygen atoms in total. The smallest absolute Gasteiger partial charge is 0.299 e. The fourth-order valence-corrected chi connectivity index (χ4v) is 1.54. The first-order chi connectivity index (χ1) is 11.3. The summed E-state index contributed by atoms with van der Waals surface area (Å²) in [4.78, 5) is 33.4. The third kappa shape index (κ3) is 5.98. The molecular formula is C15H16F3N3O4. The van der Waals surface area contributed by atoms with Crippen molar-refractivity contribution in [3.05, 3.63) is 39.9 Å². The number of ketones is 1. The van der Waals surface area contributed by atoms with Crippen LogP contribution in [-0.4, -0.2) is 28.5 Å². The van der Waals surface area contributed by atoms with Crippen LogP contribution >= 0.6 is 0 Å². The van der Waals surface area contributed by atoms with Crippen molar-refractivity contribution in [2.75, 3.05) is 0 Å². The number of hydrogen-bond acceptors (Lipinski definition) is 5. The lowest BCUT2D eigenvalue weighted by Gasteiger charge is -2.18. The molecule has 0 bridgehead atoms. The predicted octanol–water partition coefficient (Wildman–Crippen LogP) is 3.25. The van der Waals surface area contributed by atoms with Crippen molar-refractivity contribution in [2.24, 2.45) is 10.5 Å². The first-order valence-corrected chi connectivity index (χ1v) is 7.04. The van der Waals surface area contributed by atoms with Crippen LogP contribution in [0.15, 0.2) is 29.4 Å². The van der Waals surface area contributed by atoms with E-state index in [0.29, 0.717) is 0 Å². The molecule has 0 saturated heterocycles. The second-order valence-electron chi connectivity index (χ2n) is 6.15. The Kier molecular flexibility index (Phi) is 6.01. The standard InChI is InChI=1S/C15H16F3N3O4/c1-14(2,3)12(22)8-11(15(16,17)18)19-20-13(23)9-4-6-10(7-5-9)21(24)25/h4-7H,8H2,1-3H3,(H,20,23)/b19-11+. The number of hydrogen-bond donors (Lipinski definition) is 1. The van der Waals surface area contributed by atoms with E-state index < -0.39 is 40.3 Å². The van der Waals surface area contributed by atoms with Crippen LogP contribution in [-0.2, 0) is 4.79 Å². The summed E-state index contributed by atoms with van der Waals surface area (Å²) >= 11 is 0. The maximum atomic E-state index is 13.0. The quantitative estimate of drug-likeness (QED) is 0.495. The van der Waals surface area contributed by atoms with Gasteiger partial charge < -0.3 is 0 Å². The Labute approximate surface area is 141 Å². The Morgan fingerprint density at radius 2 is 1.68 bits per heavy atom. The van der Waals surface area contributed by atoms with Crippen LogP contribution in [0.25, 0.3) is 0 Å². The number of rotatable bonds is 5. The molecule has 0 saturated carbocycles. The first kappa shape index (κ1) is 20.3. The first-order valence-electron chi connectivity index (χ1n) is 7.04. The van der Waals surface area contributed by atoms with E-state index in [1.54, 1.807) is 5.43 Å². The SMILES string of the molecule is CC(C)(C)C(=O)C/C(=N\NC(=O)c1ccc([N+](=O)[O-])cc1)C(F)(F)F. The Hall–Kier alpha value is -2.78. The van der Waals surface area contributed by atoms with Gasteiger partial charge in [-0.15, -0.1) is 0 Å². The Morgan fingerprint density at radius 1 is 1.16 bits per heavy atom. The van der Waals surface area contributed by atoms with Crippen molar-refractivity contribution in [1.29, 1.82) is 0 Å². The third-order valence-corrected chi connectivity index (χ3v) is 3.12. The molecule has 1 amide bonds. The summed E-state index contributed by atoms with van der Waals surface area (Å²) in [6.07, 6.45) is -5.86. The van der Waals surface area contributed by atoms with Crippen LogP contribution < -0.4 is 5.43 Å². The van der Waals surface area contributed by atoms with Crippen molar-refractivity contribution in [3.63, 3.8) is 0 Å². The molecule has 0 atom stereocenters. The van der Waals surface area contributed by atoms with Crippen LogP contribution in [0.2, 0.25) is 0 Å². The molecule has 0 fully saturated rings. The highest BCUT2D eigenvalue weighted by Crippen LogP contribution is 2.24. The number of alkyl halides is 3. The van der Waals surface area contributed by atoms with Gasteiger partial charge in [-0.2, -0.15) is 18.3 Å². The average molecular weight is 359 g/mol. The van der Waals surface area contributed by atoms with E-state index in [4.69, 9.17) is 0 Å². The van der Waals surface area contributed by atoms with Crippen LogP contribution in [0.5, 0.6) is 0 Å². The third-order valence-electron chi connectivity index (χ3n) is 3.12. The highest BCUT2D eigenvalue weighted by atomic mass is 19.4. The van der Waals surface area contributed by atoms with Gasteiger partial charge in [0, 0.05) is 23.1 Å². The minimum atomic E-state index is -4.89. The number of nitrogens with zero attached hydrogens (tertiary/aromatic N) is 2. The number of non-ortho nitro benzene ring substituents is 1. The number of nitro groups is 1. The Morgan fingerprint density at radius 3 is 2.08 bits per heavy atom. The van der Waals surface area contributed by atoms with Gasteiger partial charge in [-0.3, -0.25) is 19.7 Å². The number of hydrazone groups is 1. The van der Waals surface area contributed by atoms with Gasteiger partial charge in [0.1, 0.15) is 11.5 Å². The number of carbonyl (C=O) groups excluding carboxylic acids is 2. The molecule has 0 spiro atoms. The maximum Gasteiger partial charge on any atom is 0.431 e. The minimum absolute atomic E-state index is 0.113. The van der Waals surface area contributed by atoms with Crippen molar-refractivity contribution in [3.8, 4) is 0 Å². The Bertz CT molecular complexity index is 704. The van der Waals surface area contributed by atoms with Crippen LogP contribution in [0.1, 0.15) is 37.6 Å². The highest BCUT2D eigenvalue weighted by Gasteiger charge is 2.39. The van der Waals surface area contributed by atoms with Gasteiger partial charge in [0.25, 0.3) is 11.6 Å². The molecule has 0 aliphatic rings. The highest BCUT2D eigenvalue weighted by molar-refractivity contribution is 6.07. The lowest BCUT2D eigenvalue weighted by molar-refractivity contribution is -0.384. The van der Waals surface area contributed by atoms with Crippen LogP contribution in [0.4, 0.5) is 18.9 Å². The van der Waals surface area contributed by atoms with Crippen molar-refractivity contribution >= 4 is 23.1 Å². The van der Waals surface area contributed by atoms with Gasteiger partial charge in [0.15, 0.2) is 0 Å². The lowest BCUT2D eigenvalue weighted by atomic mass is 9.88. The Balaban J connectivity index is 2.94. The molecular weight excluding hydrogens is 343 g/mol. The summed E-state index contributed by atoms with van der Waals surface area (Å²) < 4.78 is 38.9. The average Bonchev–Trinajstić information content (AvgIpc) is 2.48. The molecule has 10 heteroatoms. The van der Waals surface area contributed by atoms with Crippen LogP contribution in [0.3, 0.4) is 0 Å². The van der Waals surface area contributed by atoms with E-state index in [-0.39, 0.29) is 11.3 Å². The summed E-state index contributed by atoms with van der Waals surface area (Å²) in [5, 5.41) is 13.5. The molecule has 0 aromatic heterocycles. The molecule has 1 aromatic carbocycles. The number of benzene rings is 1. The van der Waals surface area contributed by atoms with E-state index in [9.17, 15) is 32.9 Å². The lowest BCUT2D eigenvalue weighted by Crippen LogP contribution is -2.33. The van der Waals surface area contributed by atoms with Gasteiger partial charge in [0.2, 0.25) is 0 Å². The van der Waals surface area contributed by atoms with E-state index in [2.05, 4.69) is 5.10 Å². The molecule has 136 valence electrons. The molecule has 0 aliphatic heterocycles. The normalized spacial score (nSPS) is 12.6. The molecule has 0 aliphatic carbocycles. The van der Waals surface area contributed by atoms with Crippen molar-refractivity contribution in [2.45, 2.75) is 33.4 Å². The fourth-order valence-electron chi connectivity index (χ4n) is 1.54. The van der Waals surface area contributed by atoms with Gasteiger partial charge >= 0.3 is 6.18 Å². The van der Waals surface area contributed by atoms with E-state index in [0.717, 1.165) is 24.3 Å². The molecule has 0 unspecified atom stereocenters. The summed E-state index contributed by atoms with van der Waals surface area (Å²) in [7, 11) is 0. The van der Waals surface area contributed by atoms with E-state index >= 15 is 0 Å². The molecule has 1 aromatic rings. The largest absolute Gasteiger partial charge is 0.431 e. The van der Waals surface area contributed by atoms with E-state index in [1.165, 1.54) is 20.8 Å². The number of nitro benzene ring substituents is 1. The number of carbonyl (C=O) groups is 2. The topological polar surface area (TPSA) is 102 Å². The number of halogens is 3. The van der Waals surface area contributed by atoms with Gasteiger partial charge in [-0.25, -0.2) is 5.43 Å². The number of nitrogens with one attached hydrogen (secondary N) is 1. The molecule has 0 heterocycles. The summed E-state index contributed by atoms with van der Waals surface area (Å²) in [5.41, 5.74) is -1.09. The molecule has 25 heavy (non-hydrogen) atoms. The van der Waals surface area contributed by atoms with Gasteiger partial charge in [-0.05, 0) is 12.1 Å². The summed E-state index contributed by atoms with van der Waals surface area (Å²) in [5.74, 6) is -1.67. The maximum absolute atomic E-state index is 13.0. The summed E-state index contributed by atoms with van der Waals surface area (Å²) in [6, 6.07) is 4.23. The van der Waals surface area contributed by atoms with E-state index in [1.807, 2.05) is 0 Å². The minimum Gasteiger partial charge on any atom is -0.299 e. The predicted molar refractivity (Wildman–Crippen MR) is 83.1 cm³/mol. The van der Waals surface area contributed by atoms with Crippen LogP contribution in [0, 0.1) is 15.5 Å². The fraction of sp³-hybridized carbons (Fsp3) is 0.400. The molecule has 1 N–H and O–H groups in total. The van der Waals surface area contributed by atoms with Gasteiger partial charge in [-0.1, -0.05) is 20.8 Å². The number of Topliss-reactive ketones (excluding diaryl/α,β-unsaturated/α-hetero) is 1. The number of amides is 1. The molecule has 1 rings (SSSR count). The zero-order valence-corrected chi connectivity index (χ0v) is 13.7. The monoisotopic (exact) mass is 359 g/mol. The zero-order chi connectivity index (χ0) is 19.4. The molecule has 0 radical (unpaired) electrons. The second kappa shape index (κ2) is 7.41. The van der Waals surface area contributed by atoms with Gasteiger partial charge in [0.05, 0.1) is 11.3 Å². The van der Waals surface area contributed by atoms with Crippen molar-refractivity contribution < 1.29 is 27.7 Å². The van der Waals surface area contributed by atoms with Crippen molar-refractivity contribution in [1.82, 2.24) is 5.43 Å². The zero-order valence-electron chi connectivity index (χ0n) is 13.7. The summed E-state index contributed by atoms with van der Waals surface area (Å²) in [6.45, 7) is 4.41.